The number of halogens is 3. The number of fused-ring (bicyclic) bond motifs is 1. The summed E-state index contributed by atoms with van der Waals surface area (Å²) < 4.78 is 33.0. The van der Waals surface area contributed by atoms with E-state index in [9.17, 15) is 8.78 Å². The Bertz CT molecular complexity index is 829. The molecule has 0 aliphatic heterocycles. The van der Waals surface area contributed by atoms with Gasteiger partial charge in [0.05, 0.1) is 11.1 Å². The predicted molar refractivity (Wildman–Crippen MR) is 78.3 cm³/mol. The van der Waals surface area contributed by atoms with Crippen LogP contribution in [0.5, 0.6) is 0 Å². The van der Waals surface area contributed by atoms with Gasteiger partial charge in [0.1, 0.15) is 23.0 Å². The topological polar surface area (TPSA) is 39.2 Å². The van der Waals surface area contributed by atoms with Crippen LogP contribution < -0.4 is 5.73 Å². The SMILES string of the molecule is Cc1ccc2oc(C(N)c3cc(F)c(Cl)cc3F)cc2c1. The summed E-state index contributed by atoms with van der Waals surface area (Å²) in [6.07, 6.45) is 0. The van der Waals surface area contributed by atoms with E-state index in [4.69, 9.17) is 21.8 Å². The van der Waals surface area contributed by atoms with Crippen LogP contribution in [-0.4, -0.2) is 0 Å². The van der Waals surface area contributed by atoms with Crippen molar-refractivity contribution in [1.82, 2.24) is 0 Å². The fourth-order valence-electron chi connectivity index (χ4n) is 2.27. The lowest BCUT2D eigenvalue weighted by molar-refractivity contribution is 0.506. The van der Waals surface area contributed by atoms with Crippen molar-refractivity contribution in [2.75, 3.05) is 0 Å². The number of nitrogens with two attached hydrogens (primary N) is 1. The zero-order valence-electron chi connectivity index (χ0n) is 11.2. The second kappa shape index (κ2) is 5.13. The Kier molecular flexibility index (Phi) is 3.43. The second-order valence-corrected chi connectivity index (χ2v) is 5.36. The van der Waals surface area contributed by atoms with Crippen LogP contribution in [0.15, 0.2) is 40.8 Å². The highest BCUT2D eigenvalue weighted by Crippen LogP contribution is 2.30. The molecule has 0 radical (unpaired) electrons. The molecule has 0 aliphatic carbocycles. The van der Waals surface area contributed by atoms with E-state index in [1.807, 2.05) is 25.1 Å². The molecule has 0 bridgehead atoms. The maximum absolute atomic E-state index is 13.9. The smallest absolute Gasteiger partial charge is 0.142 e. The van der Waals surface area contributed by atoms with Crippen LogP contribution in [0.25, 0.3) is 11.0 Å². The Morgan fingerprint density at radius 1 is 1.10 bits per heavy atom. The molecule has 0 fully saturated rings. The van der Waals surface area contributed by atoms with Gasteiger partial charge in [-0.05, 0) is 37.3 Å². The third-order valence-corrected chi connectivity index (χ3v) is 3.66. The van der Waals surface area contributed by atoms with E-state index in [-0.39, 0.29) is 10.6 Å². The van der Waals surface area contributed by atoms with Crippen molar-refractivity contribution in [3.8, 4) is 0 Å². The first kappa shape index (κ1) is 14.0. The molecule has 2 nitrogen and oxygen atoms in total. The summed E-state index contributed by atoms with van der Waals surface area (Å²) >= 11 is 5.54. The van der Waals surface area contributed by atoms with Crippen LogP contribution in [0.1, 0.15) is 22.9 Å². The zero-order valence-corrected chi connectivity index (χ0v) is 11.9. The maximum Gasteiger partial charge on any atom is 0.142 e. The van der Waals surface area contributed by atoms with Gasteiger partial charge in [-0.2, -0.15) is 0 Å². The van der Waals surface area contributed by atoms with Crippen molar-refractivity contribution in [1.29, 1.82) is 0 Å². The van der Waals surface area contributed by atoms with Gasteiger partial charge >= 0.3 is 0 Å². The van der Waals surface area contributed by atoms with Crippen molar-refractivity contribution in [3.05, 3.63) is 69.9 Å². The number of benzene rings is 2. The van der Waals surface area contributed by atoms with Crippen LogP contribution in [0.3, 0.4) is 0 Å². The molecule has 2 N–H and O–H groups in total. The van der Waals surface area contributed by atoms with Gasteiger partial charge in [-0.15, -0.1) is 0 Å². The summed E-state index contributed by atoms with van der Waals surface area (Å²) in [6, 6.07) is 8.42. The third-order valence-electron chi connectivity index (χ3n) is 3.37. The Morgan fingerprint density at radius 2 is 1.86 bits per heavy atom. The normalized spacial score (nSPS) is 12.8. The molecule has 1 heterocycles. The van der Waals surface area contributed by atoms with E-state index in [1.54, 1.807) is 6.07 Å². The molecule has 1 aromatic heterocycles. The number of hydrogen-bond donors (Lipinski definition) is 1. The molecule has 3 rings (SSSR count). The van der Waals surface area contributed by atoms with Gasteiger partial charge < -0.3 is 10.2 Å². The maximum atomic E-state index is 13.9. The summed E-state index contributed by atoms with van der Waals surface area (Å²) in [5.74, 6) is -1.00. The number of rotatable bonds is 2. The summed E-state index contributed by atoms with van der Waals surface area (Å²) in [4.78, 5) is 0. The standard InChI is InChI=1S/C16H12ClF2NO/c1-8-2-3-14-9(4-8)5-15(21-14)16(20)10-6-13(19)11(17)7-12(10)18/h2-7,16H,20H2,1H3. The van der Waals surface area contributed by atoms with Crippen LogP contribution in [0.2, 0.25) is 5.02 Å². The van der Waals surface area contributed by atoms with Gasteiger partial charge in [-0.25, -0.2) is 8.78 Å². The minimum Gasteiger partial charge on any atom is -0.459 e. The van der Waals surface area contributed by atoms with Crippen molar-refractivity contribution in [2.24, 2.45) is 5.73 Å². The molecule has 2 aromatic carbocycles. The number of aryl methyl sites for hydroxylation is 1. The fraction of sp³-hybridized carbons (Fsp3) is 0.125. The first-order valence-corrected chi connectivity index (χ1v) is 6.73. The summed E-state index contributed by atoms with van der Waals surface area (Å²) in [5, 5.41) is 0.596. The van der Waals surface area contributed by atoms with E-state index in [0.717, 1.165) is 23.1 Å². The molecule has 5 heteroatoms. The zero-order chi connectivity index (χ0) is 15.1. The average molecular weight is 308 g/mol. The fourth-order valence-corrected chi connectivity index (χ4v) is 2.42. The average Bonchev–Trinajstić information content (AvgIpc) is 2.85. The molecule has 0 saturated heterocycles. The third kappa shape index (κ3) is 2.52. The Hall–Kier alpha value is -1.91. The first-order valence-electron chi connectivity index (χ1n) is 6.36. The molecule has 0 saturated carbocycles. The highest BCUT2D eigenvalue weighted by atomic mass is 35.5. The van der Waals surface area contributed by atoms with Crippen molar-refractivity contribution in [2.45, 2.75) is 13.0 Å². The molecule has 108 valence electrons. The van der Waals surface area contributed by atoms with E-state index >= 15 is 0 Å². The van der Waals surface area contributed by atoms with E-state index in [2.05, 4.69) is 0 Å². The molecular formula is C16H12ClF2NO. The van der Waals surface area contributed by atoms with Gasteiger partial charge in [0.15, 0.2) is 0 Å². The highest BCUT2D eigenvalue weighted by Gasteiger charge is 2.20. The van der Waals surface area contributed by atoms with E-state index in [1.165, 1.54) is 0 Å². The van der Waals surface area contributed by atoms with E-state index < -0.39 is 17.7 Å². The molecule has 1 atom stereocenters. The molecule has 0 amide bonds. The van der Waals surface area contributed by atoms with Gasteiger partial charge in [0, 0.05) is 10.9 Å². The minimum absolute atomic E-state index is 0.00711. The van der Waals surface area contributed by atoms with Crippen LogP contribution in [0, 0.1) is 18.6 Å². The summed E-state index contributed by atoms with van der Waals surface area (Å²) in [7, 11) is 0. The van der Waals surface area contributed by atoms with Gasteiger partial charge in [0.2, 0.25) is 0 Å². The predicted octanol–water partition coefficient (Wildman–Crippen LogP) is 4.72. The molecule has 0 aliphatic rings. The van der Waals surface area contributed by atoms with Crippen LogP contribution >= 0.6 is 11.6 Å². The largest absolute Gasteiger partial charge is 0.459 e. The molecule has 21 heavy (non-hydrogen) atoms. The Labute approximate surface area is 125 Å². The molecule has 1 unspecified atom stereocenters. The van der Waals surface area contributed by atoms with Gasteiger partial charge in [0.25, 0.3) is 0 Å². The van der Waals surface area contributed by atoms with Gasteiger partial charge in [-0.3, -0.25) is 0 Å². The van der Waals surface area contributed by atoms with Crippen molar-refractivity contribution >= 4 is 22.6 Å². The second-order valence-electron chi connectivity index (χ2n) is 4.96. The highest BCUT2D eigenvalue weighted by molar-refractivity contribution is 6.30. The molecule has 3 aromatic rings. The Morgan fingerprint density at radius 3 is 2.62 bits per heavy atom. The minimum atomic E-state index is -0.899. The van der Waals surface area contributed by atoms with E-state index in [0.29, 0.717) is 11.3 Å². The monoisotopic (exact) mass is 307 g/mol. The van der Waals surface area contributed by atoms with Crippen molar-refractivity contribution < 1.29 is 13.2 Å². The lowest BCUT2D eigenvalue weighted by Crippen LogP contribution is -2.13. The van der Waals surface area contributed by atoms with Crippen LogP contribution in [0.4, 0.5) is 8.78 Å². The van der Waals surface area contributed by atoms with Crippen molar-refractivity contribution in [3.63, 3.8) is 0 Å². The number of hydrogen-bond acceptors (Lipinski definition) is 2. The number of furan rings is 1. The van der Waals surface area contributed by atoms with Crippen LogP contribution in [-0.2, 0) is 0 Å². The Balaban J connectivity index is 2.07. The molecular weight excluding hydrogens is 296 g/mol. The first-order chi connectivity index (χ1) is 9.95. The summed E-state index contributed by atoms with van der Waals surface area (Å²) in [6.45, 7) is 1.96. The molecule has 0 spiro atoms. The lowest BCUT2D eigenvalue weighted by atomic mass is 10.0. The summed E-state index contributed by atoms with van der Waals surface area (Å²) in [5.41, 5.74) is 7.73. The van der Waals surface area contributed by atoms with Gasteiger partial charge in [-0.1, -0.05) is 23.2 Å². The lowest BCUT2D eigenvalue weighted by Gasteiger charge is -2.11. The quantitative estimate of drug-likeness (QED) is 0.696.